The Morgan fingerprint density at radius 2 is 2.12 bits per heavy atom. The molecule has 4 heteroatoms. The molecule has 0 atom stereocenters. The quantitative estimate of drug-likeness (QED) is 0.768. The molecular formula is C13H21ClN2O. The Morgan fingerprint density at radius 1 is 1.41 bits per heavy atom. The van der Waals surface area contributed by atoms with Crippen molar-refractivity contribution in [3.63, 3.8) is 0 Å². The number of aromatic hydroxyl groups is 1. The van der Waals surface area contributed by atoms with Gasteiger partial charge >= 0.3 is 0 Å². The van der Waals surface area contributed by atoms with Gasteiger partial charge in [0.1, 0.15) is 5.75 Å². The Balaban J connectivity index is 2.36. The van der Waals surface area contributed by atoms with Crippen LogP contribution < -0.4 is 5.32 Å². The Kier molecular flexibility index (Phi) is 5.75. The van der Waals surface area contributed by atoms with Gasteiger partial charge in [0.05, 0.1) is 0 Å². The summed E-state index contributed by atoms with van der Waals surface area (Å²) in [6, 6.07) is 5.74. The van der Waals surface area contributed by atoms with E-state index < -0.39 is 0 Å². The van der Waals surface area contributed by atoms with Crippen LogP contribution in [0.25, 0.3) is 0 Å². The number of phenols is 1. The molecule has 0 unspecified atom stereocenters. The Hall–Kier alpha value is -0.770. The number of phenolic OH excluding ortho intramolecular Hbond substituents is 1. The van der Waals surface area contributed by atoms with Crippen LogP contribution in [0.5, 0.6) is 5.75 Å². The highest BCUT2D eigenvalue weighted by Gasteiger charge is 2.06. The first-order valence-electron chi connectivity index (χ1n) is 5.89. The van der Waals surface area contributed by atoms with Gasteiger partial charge in [0.25, 0.3) is 0 Å². The predicted molar refractivity (Wildman–Crippen MR) is 72.6 cm³/mol. The lowest BCUT2D eigenvalue weighted by atomic mass is 10.2. The van der Waals surface area contributed by atoms with Crippen molar-refractivity contribution >= 4 is 11.6 Å². The van der Waals surface area contributed by atoms with Crippen LogP contribution in [0.4, 0.5) is 0 Å². The molecule has 17 heavy (non-hydrogen) atoms. The fourth-order valence-corrected chi connectivity index (χ4v) is 1.69. The molecule has 0 spiro atoms. The van der Waals surface area contributed by atoms with E-state index in [0.717, 1.165) is 18.7 Å². The van der Waals surface area contributed by atoms with Crippen molar-refractivity contribution in [2.75, 3.05) is 20.1 Å². The molecule has 0 aliphatic carbocycles. The van der Waals surface area contributed by atoms with Crippen LogP contribution in [0.1, 0.15) is 19.4 Å². The minimum absolute atomic E-state index is 0.252. The van der Waals surface area contributed by atoms with Crippen LogP contribution in [0.15, 0.2) is 18.2 Å². The van der Waals surface area contributed by atoms with E-state index in [2.05, 4.69) is 31.1 Å². The maximum Gasteiger partial charge on any atom is 0.121 e. The maximum absolute atomic E-state index is 9.65. The van der Waals surface area contributed by atoms with E-state index in [0.29, 0.717) is 17.6 Å². The summed E-state index contributed by atoms with van der Waals surface area (Å²) < 4.78 is 0. The summed E-state index contributed by atoms with van der Waals surface area (Å²) in [6.45, 7) is 6.78. The van der Waals surface area contributed by atoms with Crippen molar-refractivity contribution in [2.24, 2.45) is 0 Å². The van der Waals surface area contributed by atoms with Gasteiger partial charge in [-0.2, -0.15) is 0 Å². The zero-order valence-corrected chi connectivity index (χ0v) is 11.5. The van der Waals surface area contributed by atoms with Crippen molar-refractivity contribution in [1.82, 2.24) is 10.2 Å². The van der Waals surface area contributed by atoms with E-state index >= 15 is 0 Å². The third-order valence-electron chi connectivity index (χ3n) is 2.92. The molecule has 0 heterocycles. The molecule has 2 N–H and O–H groups in total. The average Bonchev–Trinajstić information content (AvgIpc) is 2.27. The molecule has 0 saturated carbocycles. The lowest BCUT2D eigenvalue weighted by molar-refractivity contribution is 0.273. The molecule has 1 aromatic rings. The van der Waals surface area contributed by atoms with Crippen molar-refractivity contribution in [1.29, 1.82) is 0 Å². The summed E-state index contributed by atoms with van der Waals surface area (Å²) in [6.07, 6.45) is 0. The lowest BCUT2D eigenvalue weighted by Crippen LogP contribution is -2.33. The number of nitrogens with zero attached hydrogens (tertiary/aromatic N) is 1. The Labute approximate surface area is 108 Å². The van der Waals surface area contributed by atoms with E-state index in [-0.39, 0.29) is 5.75 Å². The van der Waals surface area contributed by atoms with Crippen LogP contribution in [0, 0.1) is 0 Å². The SMILES string of the molecule is CC(C)N(C)CCNCc1c(O)cccc1Cl. The van der Waals surface area contributed by atoms with Crippen molar-refractivity contribution in [2.45, 2.75) is 26.4 Å². The standard InChI is InChI=1S/C13H21ClN2O/c1-10(2)16(3)8-7-15-9-11-12(14)5-4-6-13(11)17/h4-6,10,15,17H,7-9H2,1-3H3. The van der Waals surface area contributed by atoms with Crippen LogP contribution >= 0.6 is 11.6 Å². The maximum atomic E-state index is 9.65. The normalized spacial score (nSPS) is 11.4. The van der Waals surface area contributed by atoms with E-state index in [1.54, 1.807) is 18.2 Å². The second-order valence-corrected chi connectivity index (χ2v) is 4.90. The molecular weight excluding hydrogens is 236 g/mol. The lowest BCUT2D eigenvalue weighted by Gasteiger charge is -2.21. The first-order chi connectivity index (χ1) is 8.02. The number of likely N-dealkylation sites (N-methyl/N-ethyl adjacent to an activating group) is 1. The molecule has 0 radical (unpaired) electrons. The first kappa shape index (κ1) is 14.3. The number of benzene rings is 1. The topological polar surface area (TPSA) is 35.5 Å². The molecule has 0 amide bonds. The fourth-order valence-electron chi connectivity index (χ4n) is 1.45. The Bertz CT molecular complexity index is 335. The molecule has 0 fully saturated rings. The monoisotopic (exact) mass is 256 g/mol. The van der Waals surface area contributed by atoms with Gasteiger partial charge in [0.2, 0.25) is 0 Å². The molecule has 0 aliphatic rings. The summed E-state index contributed by atoms with van der Waals surface area (Å²) in [4.78, 5) is 2.26. The highest BCUT2D eigenvalue weighted by molar-refractivity contribution is 6.31. The minimum atomic E-state index is 0.252. The van der Waals surface area contributed by atoms with E-state index in [4.69, 9.17) is 11.6 Å². The largest absolute Gasteiger partial charge is 0.508 e. The third-order valence-corrected chi connectivity index (χ3v) is 3.27. The summed E-state index contributed by atoms with van der Waals surface area (Å²) in [5.74, 6) is 0.252. The van der Waals surface area contributed by atoms with Gasteiger partial charge < -0.3 is 15.3 Å². The van der Waals surface area contributed by atoms with Crippen molar-refractivity contribution < 1.29 is 5.11 Å². The smallest absolute Gasteiger partial charge is 0.121 e. The zero-order chi connectivity index (χ0) is 12.8. The molecule has 0 aromatic heterocycles. The molecule has 0 aliphatic heterocycles. The van der Waals surface area contributed by atoms with Crippen LogP contribution in [0.3, 0.4) is 0 Å². The molecule has 3 nitrogen and oxygen atoms in total. The molecule has 96 valence electrons. The number of hydrogen-bond acceptors (Lipinski definition) is 3. The highest BCUT2D eigenvalue weighted by Crippen LogP contribution is 2.24. The highest BCUT2D eigenvalue weighted by atomic mass is 35.5. The van der Waals surface area contributed by atoms with Gasteiger partial charge in [-0.25, -0.2) is 0 Å². The summed E-state index contributed by atoms with van der Waals surface area (Å²) in [5, 5.41) is 13.5. The number of nitrogens with one attached hydrogen (secondary N) is 1. The van der Waals surface area contributed by atoms with Gasteiger partial charge in [-0.3, -0.25) is 0 Å². The average molecular weight is 257 g/mol. The van der Waals surface area contributed by atoms with E-state index in [9.17, 15) is 5.11 Å². The van der Waals surface area contributed by atoms with Crippen LogP contribution in [-0.2, 0) is 6.54 Å². The third kappa shape index (κ3) is 4.54. The van der Waals surface area contributed by atoms with Gasteiger partial charge in [-0.15, -0.1) is 0 Å². The second kappa shape index (κ2) is 6.84. The van der Waals surface area contributed by atoms with Gasteiger partial charge in [0.15, 0.2) is 0 Å². The number of hydrogen-bond donors (Lipinski definition) is 2. The minimum Gasteiger partial charge on any atom is -0.508 e. The van der Waals surface area contributed by atoms with Gasteiger partial charge in [-0.1, -0.05) is 17.7 Å². The molecule has 0 saturated heterocycles. The summed E-state index contributed by atoms with van der Waals surface area (Å²) >= 11 is 6.01. The number of rotatable bonds is 6. The zero-order valence-electron chi connectivity index (χ0n) is 10.7. The predicted octanol–water partition coefficient (Wildman–Crippen LogP) is 2.48. The number of halogens is 1. The van der Waals surface area contributed by atoms with Crippen LogP contribution in [0.2, 0.25) is 5.02 Å². The van der Waals surface area contributed by atoms with Crippen molar-refractivity contribution in [3.05, 3.63) is 28.8 Å². The fraction of sp³-hybridized carbons (Fsp3) is 0.538. The van der Waals surface area contributed by atoms with E-state index in [1.807, 2.05) is 0 Å². The van der Waals surface area contributed by atoms with Crippen molar-refractivity contribution in [3.8, 4) is 5.75 Å². The second-order valence-electron chi connectivity index (χ2n) is 4.49. The molecule has 0 bridgehead atoms. The molecule has 1 aromatic carbocycles. The van der Waals surface area contributed by atoms with Crippen LogP contribution in [-0.4, -0.2) is 36.2 Å². The summed E-state index contributed by atoms with van der Waals surface area (Å²) in [5.41, 5.74) is 0.765. The molecule has 1 rings (SSSR count). The van der Waals surface area contributed by atoms with E-state index in [1.165, 1.54) is 0 Å². The van der Waals surface area contributed by atoms with Gasteiger partial charge in [0, 0.05) is 36.3 Å². The van der Waals surface area contributed by atoms with Gasteiger partial charge in [-0.05, 0) is 33.0 Å². The first-order valence-corrected chi connectivity index (χ1v) is 6.27. The summed E-state index contributed by atoms with van der Waals surface area (Å²) in [7, 11) is 2.10. The Morgan fingerprint density at radius 3 is 2.71 bits per heavy atom.